The summed E-state index contributed by atoms with van der Waals surface area (Å²) in [4.78, 5) is 26.1. The number of rotatable bonds is 6. The van der Waals surface area contributed by atoms with E-state index < -0.39 is 5.60 Å². The smallest absolute Gasteiger partial charge is 0.248 e. The number of hydrogen-bond donors (Lipinski definition) is 0. The van der Waals surface area contributed by atoms with Crippen LogP contribution < -0.4 is 9.64 Å². The molecule has 9 heteroatoms. The minimum Gasteiger partial charge on any atom is -0.495 e. The fourth-order valence-electron chi connectivity index (χ4n) is 5.09. The number of piperazine rings is 1. The van der Waals surface area contributed by atoms with Crippen LogP contribution >= 0.6 is 0 Å². The van der Waals surface area contributed by atoms with Gasteiger partial charge in [-0.1, -0.05) is 6.92 Å². The van der Waals surface area contributed by atoms with Crippen molar-refractivity contribution >= 4 is 11.7 Å². The summed E-state index contributed by atoms with van der Waals surface area (Å²) in [6.45, 7) is 4.25. The number of ether oxygens (including phenoxy) is 3. The molecule has 3 atom stereocenters. The fourth-order valence-corrected chi connectivity index (χ4v) is 5.09. The second-order valence-electron chi connectivity index (χ2n) is 9.05. The van der Waals surface area contributed by atoms with E-state index >= 15 is 0 Å². The molecule has 3 aliphatic heterocycles. The molecule has 2 unspecified atom stereocenters. The van der Waals surface area contributed by atoms with Gasteiger partial charge in [-0.15, -0.1) is 0 Å². The van der Waals surface area contributed by atoms with E-state index in [0.29, 0.717) is 43.5 Å². The highest BCUT2D eigenvalue weighted by molar-refractivity contribution is 5.78. The first-order chi connectivity index (χ1) is 16.0. The van der Waals surface area contributed by atoms with Gasteiger partial charge in [0.05, 0.1) is 38.1 Å². The lowest BCUT2D eigenvalue weighted by molar-refractivity contribution is -0.218. The number of methoxy groups -OCH3 is 1. The molecule has 2 aromatic rings. The lowest BCUT2D eigenvalue weighted by atomic mass is 9.93. The van der Waals surface area contributed by atoms with Crippen LogP contribution in [0.25, 0.3) is 0 Å². The van der Waals surface area contributed by atoms with Gasteiger partial charge in [-0.2, -0.15) is 5.26 Å². The average Bonchev–Trinajstić information content (AvgIpc) is 3.02. The largest absolute Gasteiger partial charge is 0.495 e. The van der Waals surface area contributed by atoms with E-state index in [2.05, 4.69) is 27.9 Å². The summed E-state index contributed by atoms with van der Waals surface area (Å²) in [6.07, 6.45) is 5.99. The molecule has 9 nitrogen and oxygen atoms in total. The molecule has 0 aromatic carbocycles. The maximum Gasteiger partial charge on any atom is 0.248 e. The molecule has 0 spiro atoms. The zero-order valence-electron chi connectivity index (χ0n) is 18.8. The van der Waals surface area contributed by atoms with Crippen molar-refractivity contribution in [1.82, 2.24) is 14.9 Å². The number of fused-ring (bicyclic) bond motifs is 2. The van der Waals surface area contributed by atoms with Crippen LogP contribution in [-0.2, 0) is 19.9 Å². The Labute approximate surface area is 192 Å². The topological polar surface area (TPSA) is 101 Å². The fraction of sp³-hybridized carbons (Fsp3) is 0.500. The first-order valence-corrected chi connectivity index (χ1v) is 11.2. The number of nitrogens with zero attached hydrogens (tertiary/aromatic N) is 5. The van der Waals surface area contributed by atoms with E-state index in [9.17, 15) is 4.79 Å². The van der Waals surface area contributed by atoms with E-state index in [-0.39, 0.29) is 24.6 Å². The van der Waals surface area contributed by atoms with Crippen LogP contribution in [-0.4, -0.2) is 72.9 Å². The molecular weight excluding hydrogens is 422 g/mol. The molecule has 3 fully saturated rings. The zero-order chi connectivity index (χ0) is 23.0. The van der Waals surface area contributed by atoms with Crippen molar-refractivity contribution in [3.8, 4) is 11.8 Å². The van der Waals surface area contributed by atoms with Gasteiger partial charge in [-0.3, -0.25) is 9.78 Å². The summed E-state index contributed by atoms with van der Waals surface area (Å²) in [5, 5.41) is 9.04. The predicted octanol–water partition coefficient (Wildman–Crippen LogP) is 1.72. The third-order valence-electron chi connectivity index (χ3n) is 7.00. The summed E-state index contributed by atoms with van der Waals surface area (Å²) in [5.41, 5.74) is 0.731. The van der Waals surface area contributed by atoms with Crippen LogP contribution in [0.1, 0.15) is 24.5 Å². The molecular formula is C24H27N5O4. The van der Waals surface area contributed by atoms with Crippen LogP contribution in [0.15, 0.2) is 36.8 Å². The Morgan fingerprint density at radius 2 is 2.15 bits per heavy atom. The highest BCUT2D eigenvalue weighted by Crippen LogP contribution is 2.38. The van der Waals surface area contributed by atoms with Gasteiger partial charge in [-0.25, -0.2) is 4.98 Å². The van der Waals surface area contributed by atoms with Crippen molar-refractivity contribution in [3.63, 3.8) is 0 Å². The number of carbonyl (C=O) groups excluding carboxylic acids is 1. The lowest BCUT2D eigenvalue weighted by Gasteiger charge is -2.44. The number of aromatic nitrogens is 2. The van der Waals surface area contributed by atoms with E-state index in [1.54, 1.807) is 31.8 Å². The van der Waals surface area contributed by atoms with Crippen molar-refractivity contribution in [3.05, 3.63) is 47.9 Å². The number of nitriles is 1. The molecule has 3 saturated heterocycles. The molecule has 0 saturated carbocycles. The monoisotopic (exact) mass is 449 g/mol. The third-order valence-corrected chi connectivity index (χ3v) is 7.00. The number of hydrogen-bond acceptors (Lipinski definition) is 8. The Balaban J connectivity index is 1.25. The normalized spacial score (nSPS) is 25.3. The molecule has 0 N–H and O–H groups in total. The van der Waals surface area contributed by atoms with Gasteiger partial charge in [0.1, 0.15) is 29.8 Å². The molecule has 0 radical (unpaired) electrons. The quantitative estimate of drug-likeness (QED) is 0.657. The van der Waals surface area contributed by atoms with Crippen LogP contribution in [0.2, 0.25) is 0 Å². The molecule has 3 aliphatic rings. The summed E-state index contributed by atoms with van der Waals surface area (Å²) >= 11 is 0. The van der Waals surface area contributed by atoms with Crippen molar-refractivity contribution < 1.29 is 19.0 Å². The lowest BCUT2D eigenvalue weighted by Crippen LogP contribution is -2.58. The molecule has 0 aliphatic carbocycles. The minimum atomic E-state index is -0.669. The number of likely N-dealkylation sites (tertiary alicyclic amines) is 1. The second-order valence-corrected chi connectivity index (χ2v) is 9.05. The van der Waals surface area contributed by atoms with Crippen LogP contribution in [0, 0.1) is 17.2 Å². The average molecular weight is 450 g/mol. The molecule has 5 heterocycles. The number of carbonyl (C=O) groups is 1. The van der Waals surface area contributed by atoms with Gasteiger partial charge < -0.3 is 24.0 Å². The first-order valence-electron chi connectivity index (χ1n) is 11.2. The summed E-state index contributed by atoms with van der Waals surface area (Å²) in [7, 11) is 1.59. The molecule has 172 valence electrons. The maximum atomic E-state index is 13.1. The van der Waals surface area contributed by atoms with Gasteiger partial charge in [-0.05, 0) is 30.5 Å². The van der Waals surface area contributed by atoms with Crippen molar-refractivity contribution in [2.24, 2.45) is 5.92 Å². The van der Waals surface area contributed by atoms with Crippen molar-refractivity contribution in [2.45, 2.75) is 31.0 Å². The molecule has 1 amide bonds. The maximum absolute atomic E-state index is 13.1. The Hall–Kier alpha value is -3.22. The Kier molecular flexibility index (Phi) is 5.64. The number of pyridine rings is 2. The second kappa shape index (κ2) is 8.61. The Morgan fingerprint density at radius 3 is 2.79 bits per heavy atom. The standard InChI is InChI=1S/C24H27N5O4/c1-16-5-19-11-28(12-21(16)29(19)22-4-3-17(7-25)8-27-22)23(30)13-33-24(14-32-15-24)18-6-20(31-2)10-26-9-18/h3-4,6,8-10,16,19,21H,5,11-15H2,1-2H3/t16-,19?,21?/m0/s1. The zero-order valence-corrected chi connectivity index (χ0v) is 18.8. The highest BCUT2D eigenvalue weighted by Gasteiger charge is 2.47. The molecule has 2 bridgehead atoms. The summed E-state index contributed by atoms with van der Waals surface area (Å²) in [6, 6.07) is 8.08. The van der Waals surface area contributed by atoms with E-state index in [1.165, 1.54) is 0 Å². The number of anilines is 1. The SMILES string of the molecule is COc1cncc(C2(OCC(=O)N3CC4C[C@H](C)C(C3)N4c3ccc(C#N)cn3)COC2)c1. The molecule has 5 rings (SSSR count). The van der Waals surface area contributed by atoms with Crippen LogP contribution in [0.4, 0.5) is 5.82 Å². The van der Waals surface area contributed by atoms with Gasteiger partial charge in [0.2, 0.25) is 5.91 Å². The van der Waals surface area contributed by atoms with Gasteiger partial charge in [0.15, 0.2) is 0 Å². The minimum absolute atomic E-state index is 0.0104. The van der Waals surface area contributed by atoms with Crippen LogP contribution in [0.5, 0.6) is 5.75 Å². The Bertz CT molecular complexity index is 1070. The third kappa shape index (κ3) is 3.90. The van der Waals surface area contributed by atoms with Gasteiger partial charge in [0, 0.05) is 37.1 Å². The van der Waals surface area contributed by atoms with E-state index in [1.807, 2.05) is 17.0 Å². The molecule has 33 heavy (non-hydrogen) atoms. The van der Waals surface area contributed by atoms with E-state index in [0.717, 1.165) is 17.8 Å². The predicted molar refractivity (Wildman–Crippen MR) is 119 cm³/mol. The Morgan fingerprint density at radius 1 is 1.30 bits per heavy atom. The molecule has 2 aromatic heterocycles. The van der Waals surface area contributed by atoms with Crippen molar-refractivity contribution in [2.75, 3.05) is 44.9 Å². The summed E-state index contributed by atoms with van der Waals surface area (Å²) in [5.74, 6) is 1.94. The highest BCUT2D eigenvalue weighted by atomic mass is 16.6. The van der Waals surface area contributed by atoms with Crippen molar-refractivity contribution in [1.29, 1.82) is 5.26 Å². The van der Waals surface area contributed by atoms with Gasteiger partial charge >= 0.3 is 0 Å². The first kappa shape index (κ1) is 21.6. The number of amides is 1. The van der Waals surface area contributed by atoms with Crippen LogP contribution in [0.3, 0.4) is 0 Å². The van der Waals surface area contributed by atoms with E-state index in [4.69, 9.17) is 19.5 Å². The van der Waals surface area contributed by atoms with Gasteiger partial charge in [0.25, 0.3) is 0 Å². The summed E-state index contributed by atoms with van der Waals surface area (Å²) < 4.78 is 16.9.